The molecule has 2 atom stereocenters. The third-order valence-electron chi connectivity index (χ3n) is 2.90. The summed E-state index contributed by atoms with van der Waals surface area (Å²) in [5.41, 5.74) is 3.42. The van der Waals surface area contributed by atoms with Crippen molar-refractivity contribution in [3.8, 4) is 0 Å². The van der Waals surface area contributed by atoms with E-state index in [1.54, 1.807) is 0 Å². The van der Waals surface area contributed by atoms with Crippen LogP contribution in [0.3, 0.4) is 0 Å². The molecular weight excluding hydrogens is 218 g/mol. The normalized spacial score (nSPS) is 14.2. The monoisotopic (exact) mass is 239 g/mol. The number of nitrogens with two attached hydrogens (primary N) is 1. The Morgan fingerprint density at radius 2 is 1.82 bits per heavy atom. The summed E-state index contributed by atoms with van der Waals surface area (Å²) in [4.78, 5) is 8.53. The molecule has 0 bridgehead atoms. The molecule has 0 radical (unpaired) electrons. The van der Waals surface area contributed by atoms with Crippen molar-refractivity contribution in [1.29, 1.82) is 0 Å². The summed E-state index contributed by atoms with van der Waals surface area (Å²) >= 11 is 0. The molecule has 5 N–H and O–H groups in total. The maximum Gasteiger partial charge on any atom is 0.148 e. The van der Waals surface area contributed by atoms with E-state index in [1.807, 2.05) is 27.7 Å². The highest BCUT2D eigenvalue weighted by Gasteiger charge is 2.14. The Morgan fingerprint density at radius 1 is 1.24 bits per heavy atom. The number of rotatable bonds is 5. The van der Waals surface area contributed by atoms with Gasteiger partial charge in [0, 0.05) is 18.2 Å². The lowest BCUT2D eigenvalue weighted by Gasteiger charge is -2.21. The number of anilines is 2. The fourth-order valence-electron chi connectivity index (χ4n) is 1.43. The van der Waals surface area contributed by atoms with E-state index in [-0.39, 0.29) is 18.6 Å². The number of hydrogen-bond donors (Lipinski definition) is 4. The Bertz CT molecular complexity index is 382. The van der Waals surface area contributed by atoms with Crippen LogP contribution in [-0.2, 0) is 0 Å². The number of aliphatic hydroxyl groups excluding tert-OH is 1. The van der Waals surface area contributed by atoms with Gasteiger partial charge in [0.2, 0.25) is 0 Å². The van der Waals surface area contributed by atoms with Gasteiger partial charge in [-0.15, -0.1) is 0 Å². The Morgan fingerprint density at radius 3 is 2.35 bits per heavy atom. The van der Waals surface area contributed by atoms with Crippen molar-refractivity contribution in [2.24, 2.45) is 11.8 Å². The maximum absolute atomic E-state index is 9.10. The highest BCUT2D eigenvalue weighted by molar-refractivity contribution is 5.57. The van der Waals surface area contributed by atoms with Gasteiger partial charge >= 0.3 is 0 Å². The number of aliphatic hydroxyl groups is 1. The van der Waals surface area contributed by atoms with Crippen LogP contribution >= 0.6 is 0 Å². The van der Waals surface area contributed by atoms with E-state index in [1.165, 1.54) is 0 Å². The number of nitrogens with zero attached hydrogens (tertiary/aromatic N) is 2. The Hall–Kier alpha value is -1.40. The van der Waals surface area contributed by atoms with Gasteiger partial charge < -0.3 is 15.8 Å². The minimum absolute atomic E-state index is 0.124. The standard InChI is InChI=1S/C11H21N5O/c1-6(5-17)8(3)13-10-7(2)11(16-12)15-9(4)14-10/h6,8,17H,5,12H2,1-4H3,(H2,13,14,15,16). The largest absolute Gasteiger partial charge is 0.396 e. The van der Waals surface area contributed by atoms with Crippen molar-refractivity contribution >= 4 is 11.6 Å². The van der Waals surface area contributed by atoms with Crippen LogP contribution in [0.5, 0.6) is 0 Å². The summed E-state index contributed by atoms with van der Waals surface area (Å²) in [6, 6.07) is 0.124. The second-order valence-electron chi connectivity index (χ2n) is 4.33. The van der Waals surface area contributed by atoms with Gasteiger partial charge in [-0.05, 0) is 26.7 Å². The Kier molecular flexibility index (Phi) is 4.65. The molecule has 6 heteroatoms. The van der Waals surface area contributed by atoms with Crippen molar-refractivity contribution in [1.82, 2.24) is 9.97 Å². The topological polar surface area (TPSA) is 96.1 Å². The SMILES string of the molecule is Cc1nc(NN)c(C)c(NC(C)C(C)CO)n1. The van der Waals surface area contributed by atoms with Crippen LogP contribution in [-0.4, -0.2) is 27.7 Å². The summed E-state index contributed by atoms with van der Waals surface area (Å²) in [5.74, 6) is 7.56. The molecule has 0 aliphatic rings. The maximum atomic E-state index is 9.10. The van der Waals surface area contributed by atoms with Crippen molar-refractivity contribution in [3.05, 3.63) is 11.4 Å². The van der Waals surface area contributed by atoms with Crippen LogP contribution in [0.1, 0.15) is 25.2 Å². The molecule has 17 heavy (non-hydrogen) atoms. The third kappa shape index (κ3) is 3.28. The molecule has 1 aromatic heterocycles. The van der Waals surface area contributed by atoms with E-state index in [4.69, 9.17) is 10.9 Å². The quantitative estimate of drug-likeness (QED) is 0.448. The zero-order valence-electron chi connectivity index (χ0n) is 10.8. The molecule has 0 aliphatic heterocycles. The first-order valence-corrected chi connectivity index (χ1v) is 5.68. The fourth-order valence-corrected chi connectivity index (χ4v) is 1.43. The molecule has 96 valence electrons. The Balaban J connectivity index is 2.94. The van der Waals surface area contributed by atoms with Gasteiger partial charge in [-0.1, -0.05) is 6.92 Å². The first kappa shape index (κ1) is 13.7. The Labute approximate surface area is 102 Å². The summed E-state index contributed by atoms with van der Waals surface area (Å²) in [6.45, 7) is 7.83. The molecule has 0 saturated heterocycles. The first-order valence-electron chi connectivity index (χ1n) is 5.68. The summed E-state index contributed by atoms with van der Waals surface area (Å²) in [5, 5.41) is 12.4. The first-order chi connectivity index (χ1) is 7.99. The third-order valence-corrected chi connectivity index (χ3v) is 2.90. The number of aromatic nitrogens is 2. The lowest BCUT2D eigenvalue weighted by molar-refractivity contribution is 0.226. The zero-order valence-corrected chi connectivity index (χ0v) is 10.8. The minimum atomic E-state index is 0.124. The smallest absolute Gasteiger partial charge is 0.148 e. The number of hydrogen-bond acceptors (Lipinski definition) is 6. The van der Waals surface area contributed by atoms with E-state index >= 15 is 0 Å². The lowest BCUT2D eigenvalue weighted by atomic mass is 10.1. The van der Waals surface area contributed by atoms with E-state index in [9.17, 15) is 0 Å². The molecule has 1 rings (SSSR count). The predicted octanol–water partition coefficient (Wildman–Crippen LogP) is 0.808. The number of nitrogen functional groups attached to an aromatic ring is 1. The number of nitrogens with one attached hydrogen (secondary N) is 2. The molecular formula is C11H21N5O. The number of aryl methyl sites for hydroxylation is 1. The zero-order chi connectivity index (χ0) is 13.0. The minimum Gasteiger partial charge on any atom is -0.396 e. The average molecular weight is 239 g/mol. The van der Waals surface area contributed by atoms with Crippen LogP contribution in [0.15, 0.2) is 0 Å². The van der Waals surface area contributed by atoms with E-state index < -0.39 is 0 Å². The van der Waals surface area contributed by atoms with Crippen LogP contribution < -0.4 is 16.6 Å². The molecule has 0 aromatic carbocycles. The molecule has 2 unspecified atom stereocenters. The highest BCUT2D eigenvalue weighted by atomic mass is 16.3. The molecule has 0 amide bonds. The second-order valence-corrected chi connectivity index (χ2v) is 4.33. The van der Waals surface area contributed by atoms with Crippen molar-refractivity contribution in [3.63, 3.8) is 0 Å². The lowest BCUT2D eigenvalue weighted by Crippen LogP contribution is -2.27. The fraction of sp³-hybridized carbons (Fsp3) is 0.636. The van der Waals surface area contributed by atoms with E-state index in [0.29, 0.717) is 11.6 Å². The van der Waals surface area contributed by atoms with Crippen LogP contribution in [0.25, 0.3) is 0 Å². The van der Waals surface area contributed by atoms with Crippen LogP contribution in [0.2, 0.25) is 0 Å². The molecule has 0 aliphatic carbocycles. The van der Waals surface area contributed by atoms with Crippen molar-refractivity contribution in [2.45, 2.75) is 33.7 Å². The van der Waals surface area contributed by atoms with Gasteiger partial charge in [0.05, 0.1) is 0 Å². The van der Waals surface area contributed by atoms with Crippen LogP contribution in [0.4, 0.5) is 11.6 Å². The second kappa shape index (κ2) is 5.79. The van der Waals surface area contributed by atoms with Gasteiger partial charge in [-0.25, -0.2) is 15.8 Å². The average Bonchev–Trinajstić information content (AvgIpc) is 2.31. The van der Waals surface area contributed by atoms with E-state index in [0.717, 1.165) is 11.4 Å². The summed E-state index contributed by atoms with van der Waals surface area (Å²) in [7, 11) is 0. The molecule has 1 aromatic rings. The van der Waals surface area contributed by atoms with Crippen molar-refractivity contribution < 1.29 is 5.11 Å². The molecule has 6 nitrogen and oxygen atoms in total. The van der Waals surface area contributed by atoms with Gasteiger partial charge in [0.15, 0.2) is 0 Å². The molecule has 1 heterocycles. The van der Waals surface area contributed by atoms with Gasteiger partial charge in [-0.2, -0.15) is 0 Å². The van der Waals surface area contributed by atoms with Crippen molar-refractivity contribution in [2.75, 3.05) is 17.3 Å². The van der Waals surface area contributed by atoms with Gasteiger partial charge in [0.25, 0.3) is 0 Å². The van der Waals surface area contributed by atoms with Gasteiger partial charge in [0.1, 0.15) is 17.5 Å². The summed E-state index contributed by atoms with van der Waals surface area (Å²) < 4.78 is 0. The number of hydrazine groups is 1. The van der Waals surface area contributed by atoms with Crippen LogP contribution in [0, 0.1) is 19.8 Å². The molecule has 0 spiro atoms. The molecule has 0 saturated carbocycles. The van der Waals surface area contributed by atoms with E-state index in [2.05, 4.69) is 20.7 Å². The predicted molar refractivity (Wildman–Crippen MR) is 68.7 cm³/mol. The summed E-state index contributed by atoms with van der Waals surface area (Å²) in [6.07, 6.45) is 0. The van der Waals surface area contributed by atoms with Gasteiger partial charge in [-0.3, -0.25) is 0 Å². The highest BCUT2D eigenvalue weighted by Crippen LogP contribution is 2.20. The molecule has 0 fully saturated rings.